The molecule has 1 aromatic rings. The van der Waals surface area contributed by atoms with E-state index in [2.05, 4.69) is 44.6 Å². The zero-order valence-electron chi connectivity index (χ0n) is 9.03. The molecule has 0 saturated heterocycles. The Hall–Kier alpha value is -0.970. The van der Waals surface area contributed by atoms with Crippen molar-refractivity contribution in [2.45, 2.75) is 31.6 Å². The van der Waals surface area contributed by atoms with E-state index in [9.17, 15) is 0 Å². The van der Waals surface area contributed by atoms with Crippen LogP contribution in [-0.2, 0) is 0 Å². The average Bonchev–Trinajstić information content (AvgIpc) is 2.39. The van der Waals surface area contributed by atoms with E-state index in [1.165, 1.54) is 0 Å². The van der Waals surface area contributed by atoms with Gasteiger partial charge in [-0.1, -0.05) is 22.9 Å². The minimum atomic E-state index is 0.125. The van der Waals surface area contributed by atoms with Gasteiger partial charge in [-0.05, 0) is 13.8 Å². The minimum Gasteiger partial charge on any atom is -0.238 e. The van der Waals surface area contributed by atoms with E-state index in [1.807, 2.05) is 18.9 Å². The second-order valence-electron chi connectivity index (χ2n) is 3.74. The monoisotopic (exact) mass is 268 g/mol. The molecule has 0 saturated carbocycles. The van der Waals surface area contributed by atoms with Gasteiger partial charge in [0.05, 0.1) is 0 Å². The van der Waals surface area contributed by atoms with Crippen LogP contribution in [0, 0.1) is 13.8 Å². The maximum Gasteiger partial charge on any atom is 0.157 e. The molecule has 0 spiro atoms. The lowest BCUT2D eigenvalue weighted by Gasteiger charge is -2.16. The minimum absolute atomic E-state index is 0.125. The molecular weight excluding hydrogens is 256 g/mol. The van der Waals surface area contributed by atoms with E-state index in [0.717, 1.165) is 22.9 Å². The van der Waals surface area contributed by atoms with Crippen molar-refractivity contribution in [3.8, 4) is 0 Å². The summed E-state index contributed by atoms with van der Waals surface area (Å²) >= 11 is 3.59. The Labute approximate surface area is 97.5 Å². The number of aryl methyl sites for hydroxylation is 2. The third-order valence-electron chi connectivity index (χ3n) is 2.70. The molecule has 1 aliphatic heterocycles. The molecule has 1 aromatic heterocycles. The van der Waals surface area contributed by atoms with E-state index in [0.29, 0.717) is 5.92 Å². The highest BCUT2D eigenvalue weighted by Crippen LogP contribution is 2.43. The third kappa shape index (κ3) is 1.45. The summed E-state index contributed by atoms with van der Waals surface area (Å²) in [5.74, 6) is 1.98. The maximum atomic E-state index is 4.42. The van der Waals surface area contributed by atoms with Gasteiger partial charge in [0.25, 0.3) is 0 Å². The first-order chi connectivity index (χ1) is 7.06. The normalized spacial score (nSPS) is 24.1. The Morgan fingerprint density at radius 1 is 1.40 bits per heavy atom. The van der Waals surface area contributed by atoms with Crippen molar-refractivity contribution in [1.82, 2.24) is 9.97 Å². The van der Waals surface area contributed by atoms with Gasteiger partial charge in [-0.3, -0.25) is 0 Å². The van der Waals surface area contributed by atoms with Gasteiger partial charge >= 0.3 is 0 Å². The molecule has 0 aliphatic carbocycles. The third-order valence-corrected chi connectivity index (χ3v) is 3.88. The van der Waals surface area contributed by atoms with Crippen molar-refractivity contribution in [2.75, 3.05) is 5.01 Å². The van der Waals surface area contributed by atoms with Gasteiger partial charge in [-0.15, -0.1) is 0 Å². The number of alkyl halides is 1. The number of fused-ring (bicyclic) bond motifs is 1. The number of aromatic nitrogens is 2. The molecule has 0 radical (unpaired) electrons. The number of rotatable bonds is 1. The lowest BCUT2D eigenvalue weighted by atomic mass is 10.0. The number of hydrogen-bond donors (Lipinski definition) is 0. The number of halogens is 1. The van der Waals surface area contributed by atoms with Crippen LogP contribution in [0.3, 0.4) is 0 Å². The molecule has 0 amide bonds. The fourth-order valence-corrected chi connectivity index (χ4v) is 2.61. The van der Waals surface area contributed by atoms with Crippen LogP contribution in [-0.4, -0.2) is 21.6 Å². The standard InChI is InChI=1S/C10H13BrN4/c1-5-8-6(2)13-7(3)14-10(8)15(12-4)9(5)11/h5,9H,4H2,1-3H3. The van der Waals surface area contributed by atoms with Crippen molar-refractivity contribution in [2.24, 2.45) is 5.10 Å². The van der Waals surface area contributed by atoms with E-state index in [4.69, 9.17) is 0 Å². The number of nitrogens with zero attached hydrogens (tertiary/aromatic N) is 4. The Morgan fingerprint density at radius 3 is 2.67 bits per heavy atom. The van der Waals surface area contributed by atoms with Gasteiger partial charge < -0.3 is 0 Å². The molecule has 80 valence electrons. The Bertz CT molecular complexity index is 418. The second kappa shape index (κ2) is 3.56. The van der Waals surface area contributed by atoms with E-state index < -0.39 is 0 Å². The van der Waals surface area contributed by atoms with Crippen LogP contribution in [0.1, 0.15) is 29.9 Å². The molecule has 2 rings (SSSR count). The molecule has 5 heteroatoms. The van der Waals surface area contributed by atoms with Gasteiger partial charge in [-0.25, -0.2) is 15.0 Å². The number of anilines is 1. The van der Waals surface area contributed by atoms with Crippen LogP contribution < -0.4 is 5.01 Å². The molecule has 0 aromatic carbocycles. The first-order valence-corrected chi connectivity index (χ1v) is 5.73. The number of hydrazone groups is 1. The molecule has 0 fully saturated rings. The predicted molar refractivity (Wildman–Crippen MR) is 64.7 cm³/mol. The topological polar surface area (TPSA) is 41.4 Å². The van der Waals surface area contributed by atoms with Gasteiger partial charge in [0.2, 0.25) is 0 Å². The molecular formula is C10H13BrN4. The van der Waals surface area contributed by atoms with Crippen molar-refractivity contribution >= 4 is 28.5 Å². The molecule has 4 nitrogen and oxygen atoms in total. The molecule has 2 atom stereocenters. The van der Waals surface area contributed by atoms with Crippen LogP contribution in [0.15, 0.2) is 5.10 Å². The van der Waals surface area contributed by atoms with Crippen LogP contribution in [0.2, 0.25) is 0 Å². The van der Waals surface area contributed by atoms with Crippen LogP contribution in [0.25, 0.3) is 0 Å². The fourth-order valence-electron chi connectivity index (χ4n) is 2.02. The van der Waals surface area contributed by atoms with Crippen LogP contribution >= 0.6 is 15.9 Å². The summed E-state index contributed by atoms with van der Waals surface area (Å²) in [6, 6.07) is 0. The SMILES string of the molecule is C=NN1c2nc(C)nc(C)c2C(C)C1Br. The molecule has 0 bridgehead atoms. The van der Waals surface area contributed by atoms with E-state index in [-0.39, 0.29) is 4.95 Å². The van der Waals surface area contributed by atoms with Gasteiger partial charge in [0.1, 0.15) is 10.8 Å². The summed E-state index contributed by atoms with van der Waals surface area (Å²) in [6.07, 6.45) is 0. The van der Waals surface area contributed by atoms with E-state index in [1.54, 1.807) is 0 Å². The van der Waals surface area contributed by atoms with Gasteiger partial charge in [0, 0.05) is 23.9 Å². The first-order valence-electron chi connectivity index (χ1n) is 4.81. The van der Waals surface area contributed by atoms with Crippen molar-refractivity contribution in [1.29, 1.82) is 0 Å². The Balaban J connectivity index is 2.65. The summed E-state index contributed by atoms with van der Waals surface area (Å²) in [5.41, 5.74) is 2.19. The molecule has 0 N–H and O–H groups in total. The summed E-state index contributed by atoms with van der Waals surface area (Å²) < 4.78 is 0. The number of hydrogen-bond acceptors (Lipinski definition) is 4. The summed E-state index contributed by atoms with van der Waals surface area (Å²) in [7, 11) is 0. The highest BCUT2D eigenvalue weighted by molar-refractivity contribution is 9.09. The maximum absolute atomic E-state index is 4.42. The molecule has 15 heavy (non-hydrogen) atoms. The first kappa shape index (κ1) is 10.5. The summed E-state index contributed by atoms with van der Waals surface area (Å²) in [6.45, 7) is 9.61. The van der Waals surface area contributed by atoms with Crippen molar-refractivity contribution < 1.29 is 0 Å². The lowest BCUT2D eigenvalue weighted by Crippen LogP contribution is -2.22. The predicted octanol–water partition coefficient (Wildman–Crippen LogP) is 2.35. The fraction of sp³-hybridized carbons (Fsp3) is 0.500. The van der Waals surface area contributed by atoms with Crippen LogP contribution in [0.4, 0.5) is 5.82 Å². The van der Waals surface area contributed by atoms with Crippen LogP contribution in [0.5, 0.6) is 0 Å². The quantitative estimate of drug-likeness (QED) is 0.446. The zero-order chi connectivity index (χ0) is 11.2. The highest BCUT2D eigenvalue weighted by atomic mass is 79.9. The van der Waals surface area contributed by atoms with Crippen molar-refractivity contribution in [3.05, 3.63) is 17.1 Å². The second-order valence-corrected chi connectivity index (χ2v) is 4.68. The summed E-state index contributed by atoms with van der Waals surface area (Å²) in [5, 5.41) is 5.80. The Kier molecular flexibility index (Phi) is 2.50. The summed E-state index contributed by atoms with van der Waals surface area (Å²) in [4.78, 5) is 8.92. The highest BCUT2D eigenvalue weighted by Gasteiger charge is 2.37. The molecule has 2 unspecified atom stereocenters. The van der Waals surface area contributed by atoms with Gasteiger partial charge in [0.15, 0.2) is 5.82 Å². The molecule has 2 heterocycles. The zero-order valence-corrected chi connectivity index (χ0v) is 10.6. The largest absolute Gasteiger partial charge is 0.238 e. The molecule has 1 aliphatic rings. The van der Waals surface area contributed by atoms with Crippen molar-refractivity contribution in [3.63, 3.8) is 0 Å². The van der Waals surface area contributed by atoms with E-state index >= 15 is 0 Å². The Morgan fingerprint density at radius 2 is 2.07 bits per heavy atom. The average molecular weight is 269 g/mol. The lowest BCUT2D eigenvalue weighted by molar-refractivity contribution is 0.730. The smallest absolute Gasteiger partial charge is 0.157 e. The van der Waals surface area contributed by atoms with Gasteiger partial charge in [-0.2, -0.15) is 5.10 Å².